The number of nitrogens with zero attached hydrogens (tertiary/aromatic N) is 1. The quantitative estimate of drug-likeness (QED) is 0.472. The number of benzene rings is 1. The normalized spacial score (nSPS) is 15.2. The standard InChI is InChI=1S/C14H16INO2/c1-14(2,7-8-15)9-16-12(17)10-5-3-4-6-11(10)13(16)18/h3-6H,7-9H2,1-2H3. The third-order valence-corrected chi connectivity index (χ3v) is 3.77. The minimum absolute atomic E-state index is 0.0332. The van der Waals surface area contributed by atoms with Crippen molar-refractivity contribution in [2.45, 2.75) is 20.3 Å². The molecule has 1 aromatic carbocycles. The van der Waals surface area contributed by atoms with Crippen LogP contribution in [0.1, 0.15) is 41.0 Å². The molecule has 0 saturated heterocycles. The molecule has 0 spiro atoms. The number of fused-ring (bicyclic) bond motifs is 1. The van der Waals surface area contributed by atoms with Crippen molar-refractivity contribution < 1.29 is 9.59 Å². The molecule has 0 bridgehead atoms. The number of amides is 2. The summed E-state index contributed by atoms with van der Waals surface area (Å²) in [6.07, 6.45) is 0.987. The number of halogens is 1. The van der Waals surface area contributed by atoms with Crippen LogP contribution in [0.2, 0.25) is 0 Å². The smallest absolute Gasteiger partial charge is 0.261 e. The summed E-state index contributed by atoms with van der Waals surface area (Å²) in [5.74, 6) is -0.311. The summed E-state index contributed by atoms with van der Waals surface area (Å²) in [6.45, 7) is 4.67. The van der Waals surface area contributed by atoms with E-state index in [9.17, 15) is 9.59 Å². The lowest BCUT2D eigenvalue weighted by Gasteiger charge is -2.28. The van der Waals surface area contributed by atoms with E-state index in [1.54, 1.807) is 24.3 Å². The Balaban J connectivity index is 2.24. The van der Waals surface area contributed by atoms with Crippen LogP contribution in [0.15, 0.2) is 24.3 Å². The summed E-state index contributed by atoms with van der Waals surface area (Å²) in [7, 11) is 0. The fourth-order valence-corrected chi connectivity index (χ4v) is 3.61. The molecule has 3 nitrogen and oxygen atoms in total. The van der Waals surface area contributed by atoms with E-state index in [-0.39, 0.29) is 17.2 Å². The first kappa shape index (κ1) is 13.5. The van der Waals surface area contributed by atoms with Gasteiger partial charge >= 0.3 is 0 Å². The van der Waals surface area contributed by atoms with Gasteiger partial charge in [0, 0.05) is 11.0 Å². The van der Waals surface area contributed by atoms with Crippen LogP contribution >= 0.6 is 22.6 Å². The molecule has 1 aliphatic rings. The van der Waals surface area contributed by atoms with Crippen molar-refractivity contribution in [2.75, 3.05) is 11.0 Å². The fourth-order valence-electron chi connectivity index (χ4n) is 2.15. The molecule has 1 heterocycles. The largest absolute Gasteiger partial charge is 0.274 e. The highest BCUT2D eigenvalue weighted by molar-refractivity contribution is 14.1. The van der Waals surface area contributed by atoms with Crippen LogP contribution in [0, 0.1) is 5.41 Å². The van der Waals surface area contributed by atoms with Gasteiger partial charge in [0.15, 0.2) is 0 Å². The molecule has 2 rings (SSSR count). The number of imide groups is 1. The van der Waals surface area contributed by atoms with E-state index < -0.39 is 0 Å². The molecule has 0 unspecified atom stereocenters. The summed E-state index contributed by atoms with van der Waals surface area (Å²) in [5, 5.41) is 0. The van der Waals surface area contributed by atoms with Gasteiger partial charge in [0.25, 0.3) is 11.8 Å². The SMILES string of the molecule is CC(C)(CCI)CN1C(=O)c2ccccc2C1=O. The summed E-state index contributed by atoms with van der Waals surface area (Å²) in [5.41, 5.74) is 1.04. The van der Waals surface area contributed by atoms with Gasteiger partial charge in [0.05, 0.1) is 11.1 Å². The van der Waals surface area contributed by atoms with E-state index >= 15 is 0 Å². The average Bonchev–Trinajstić information content (AvgIpc) is 2.55. The average molecular weight is 357 g/mol. The molecular weight excluding hydrogens is 341 g/mol. The Bertz CT molecular complexity index is 461. The lowest BCUT2D eigenvalue weighted by molar-refractivity contribution is 0.0589. The molecular formula is C14H16INO2. The van der Waals surface area contributed by atoms with Crippen LogP contribution in [0.3, 0.4) is 0 Å². The van der Waals surface area contributed by atoms with E-state index in [1.165, 1.54) is 4.90 Å². The van der Waals surface area contributed by atoms with Crippen molar-refractivity contribution in [3.05, 3.63) is 35.4 Å². The highest BCUT2D eigenvalue weighted by Gasteiger charge is 2.37. The first-order valence-corrected chi connectivity index (χ1v) is 7.50. The van der Waals surface area contributed by atoms with Crippen molar-refractivity contribution in [1.29, 1.82) is 0 Å². The first-order valence-electron chi connectivity index (χ1n) is 5.97. The first-order chi connectivity index (χ1) is 8.46. The zero-order valence-corrected chi connectivity index (χ0v) is 12.7. The molecule has 0 saturated carbocycles. The Labute approximate surface area is 121 Å². The summed E-state index contributed by atoms with van der Waals surface area (Å²) < 4.78 is 1.02. The molecule has 0 radical (unpaired) electrons. The molecule has 0 aliphatic carbocycles. The number of carbonyl (C=O) groups excluding carboxylic acids is 2. The van der Waals surface area contributed by atoms with E-state index in [1.807, 2.05) is 0 Å². The van der Waals surface area contributed by atoms with E-state index in [4.69, 9.17) is 0 Å². The second-order valence-electron chi connectivity index (χ2n) is 5.35. The van der Waals surface area contributed by atoms with Crippen LogP contribution in [0.5, 0.6) is 0 Å². The highest BCUT2D eigenvalue weighted by Crippen LogP contribution is 2.29. The van der Waals surface area contributed by atoms with Gasteiger partial charge in [-0.3, -0.25) is 14.5 Å². The molecule has 2 amide bonds. The van der Waals surface area contributed by atoms with Crippen molar-refractivity contribution in [3.8, 4) is 0 Å². The third-order valence-electron chi connectivity index (χ3n) is 3.24. The van der Waals surface area contributed by atoms with Gasteiger partial charge < -0.3 is 0 Å². The molecule has 1 aromatic rings. The minimum atomic E-state index is -0.155. The molecule has 96 valence electrons. The Kier molecular flexibility index (Phi) is 3.75. The summed E-state index contributed by atoms with van der Waals surface area (Å²) in [6, 6.07) is 7.04. The molecule has 0 fully saturated rings. The Morgan fingerprint density at radius 2 is 1.61 bits per heavy atom. The molecule has 18 heavy (non-hydrogen) atoms. The minimum Gasteiger partial charge on any atom is -0.274 e. The van der Waals surface area contributed by atoms with Gasteiger partial charge in [-0.15, -0.1) is 0 Å². The van der Waals surface area contributed by atoms with Gasteiger partial charge in [-0.25, -0.2) is 0 Å². The molecule has 4 heteroatoms. The summed E-state index contributed by atoms with van der Waals surface area (Å²) in [4.78, 5) is 25.8. The zero-order chi connectivity index (χ0) is 13.3. The lowest BCUT2D eigenvalue weighted by Crippen LogP contribution is -2.38. The van der Waals surface area contributed by atoms with Crippen LogP contribution < -0.4 is 0 Å². The summed E-state index contributed by atoms with van der Waals surface area (Å²) >= 11 is 2.32. The number of alkyl halides is 1. The molecule has 0 atom stereocenters. The van der Waals surface area contributed by atoms with Crippen molar-refractivity contribution in [2.24, 2.45) is 5.41 Å². The van der Waals surface area contributed by atoms with Gasteiger partial charge in [-0.05, 0) is 24.0 Å². The van der Waals surface area contributed by atoms with Gasteiger partial charge in [-0.1, -0.05) is 48.6 Å². The van der Waals surface area contributed by atoms with E-state index in [0.717, 1.165) is 10.8 Å². The lowest BCUT2D eigenvalue weighted by atomic mass is 9.90. The topological polar surface area (TPSA) is 37.4 Å². The number of rotatable bonds is 4. The van der Waals surface area contributed by atoms with Gasteiger partial charge in [0.2, 0.25) is 0 Å². The Morgan fingerprint density at radius 3 is 2.06 bits per heavy atom. The predicted octanol–water partition coefficient (Wildman–Crippen LogP) is 3.13. The maximum Gasteiger partial charge on any atom is 0.261 e. The van der Waals surface area contributed by atoms with Crippen molar-refractivity contribution in [3.63, 3.8) is 0 Å². The van der Waals surface area contributed by atoms with Crippen LogP contribution in [0.25, 0.3) is 0 Å². The monoisotopic (exact) mass is 357 g/mol. The van der Waals surface area contributed by atoms with Crippen LogP contribution in [0.4, 0.5) is 0 Å². The number of hydrogen-bond acceptors (Lipinski definition) is 2. The zero-order valence-electron chi connectivity index (χ0n) is 10.6. The van der Waals surface area contributed by atoms with E-state index in [2.05, 4.69) is 36.4 Å². The second kappa shape index (κ2) is 4.99. The molecule has 1 aliphatic heterocycles. The van der Waals surface area contributed by atoms with Crippen molar-refractivity contribution >= 4 is 34.4 Å². The molecule has 0 N–H and O–H groups in total. The van der Waals surface area contributed by atoms with Crippen LogP contribution in [-0.2, 0) is 0 Å². The number of hydrogen-bond donors (Lipinski definition) is 0. The van der Waals surface area contributed by atoms with Gasteiger partial charge in [0.1, 0.15) is 0 Å². The maximum atomic E-state index is 12.2. The Hall–Kier alpha value is -0.910. The molecule has 0 aromatic heterocycles. The highest BCUT2D eigenvalue weighted by atomic mass is 127. The Morgan fingerprint density at radius 1 is 1.11 bits per heavy atom. The van der Waals surface area contributed by atoms with Crippen LogP contribution in [-0.4, -0.2) is 27.7 Å². The number of carbonyl (C=O) groups is 2. The van der Waals surface area contributed by atoms with Crippen molar-refractivity contribution in [1.82, 2.24) is 4.90 Å². The maximum absolute atomic E-state index is 12.2. The predicted molar refractivity (Wildman–Crippen MR) is 79.1 cm³/mol. The van der Waals surface area contributed by atoms with E-state index in [0.29, 0.717) is 17.7 Å². The third kappa shape index (κ3) is 2.43. The second-order valence-corrected chi connectivity index (χ2v) is 6.42. The van der Waals surface area contributed by atoms with Gasteiger partial charge in [-0.2, -0.15) is 0 Å². The fraction of sp³-hybridized carbons (Fsp3) is 0.429.